The van der Waals surface area contributed by atoms with Crippen LogP contribution in [0, 0.1) is 10.1 Å². The van der Waals surface area contributed by atoms with Gasteiger partial charge in [0.1, 0.15) is 0 Å². The zero-order chi connectivity index (χ0) is 15.6. The number of fused-ring (bicyclic) bond motifs is 10. The quantitative estimate of drug-likeness (QED) is 0.330. The number of nitro groups is 1. The molecular weight excluding hydrogens is 346 g/mol. The van der Waals surface area contributed by atoms with E-state index in [1.807, 2.05) is 18.2 Å². The molecule has 10 aliphatic heterocycles. The molecular formula is C19H15FeNO3. The van der Waals surface area contributed by atoms with E-state index in [0.29, 0.717) is 5.78 Å². The first-order valence-electron chi connectivity index (χ1n) is 9.03. The summed E-state index contributed by atoms with van der Waals surface area (Å²) in [7, 11) is 0. The van der Waals surface area contributed by atoms with Crippen LogP contribution in [0.15, 0.2) is 30.3 Å². The van der Waals surface area contributed by atoms with E-state index in [9.17, 15) is 14.9 Å². The molecule has 4 unspecified atom stereocenters. The van der Waals surface area contributed by atoms with Crippen LogP contribution in [-0.4, -0.2) is 10.7 Å². The fourth-order valence-electron chi connectivity index (χ4n) is 17.9. The Bertz CT molecular complexity index is 1360. The molecule has 0 N–H and O–H groups in total. The number of carbonyl (C=O) groups is 1. The Morgan fingerprint density at radius 1 is 1.08 bits per heavy atom. The van der Waals surface area contributed by atoms with Crippen LogP contribution in [0.4, 0.5) is 5.69 Å². The minimum atomic E-state index is -3.34. The van der Waals surface area contributed by atoms with Gasteiger partial charge in [0.2, 0.25) is 0 Å². The van der Waals surface area contributed by atoms with Gasteiger partial charge in [-0.2, -0.15) is 0 Å². The number of nitrogens with zero attached hydrogens (tertiary/aromatic N) is 1. The molecule has 10 aliphatic rings. The van der Waals surface area contributed by atoms with Crippen LogP contribution in [-0.2, 0) is 11.3 Å². The summed E-state index contributed by atoms with van der Waals surface area (Å²) < 4.78 is 0.260. The molecule has 0 radical (unpaired) electrons. The topological polar surface area (TPSA) is 60.2 Å². The number of ketones is 1. The van der Waals surface area contributed by atoms with Gasteiger partial charge >= 0.3 is 127 Å². The summed E-state index contributed by atoms with van der Waals surface area (Å²) in [5.41, 5.74) is 0.881. The third-order valence-electron chi connectivity index (χ3n) is 16.6. The van der Waals surface area contributed by atoms with E-state index < -0.39 is 6.51 Å². The maximum atomic E-state index is 13.4. The molecule has 24 heavy (non-hydrogen) atoms. The average Bonchev–Trinajstić information content (AvgIpc) is 3.52. The van der Waals surface area contributed by atoms with Crippen LogP contribution in [0.25, 0.3) is 6.08 Å². The second-order valence-corrected chi connectivity index (χ2v) is 35.8. The van der Waals surface area contributed by atoms with E-state index in [4.69, 9.17) is 0 Å². The van der Waals surface area contributed by atoms with Crippen LogP contribution in [0.2, 0.25) is 47.7 Å². The van der Waals surface area contributed by atoms with Crippen molar-refractivity contribution in [1.82, 2.24) is 0 Å². The van der Waals surface area contributed by atoms with Crippen molar-refractivity contribution in [3.05, 3.63) is 46.0 Å². The van der Waals surface area contributed by atoms with E-state index in [0.717, 1.165) is 48.9 Å². The predicted molar refractivity (Wildman–Crippen MR) is 83.6 cm³/mol. The van der Waals surface area contributed by atoms with E-state index in [-0.39, 0.29) is 14.9 Å². The number of benzene rings is 1. The van der Waals surface area contributed by atoms with E-state index >= 15 is 0 Å². The molecule has 4 nitrogen and oxygen atoms in total. The molecule has 0 saturated carbocycles. The van der Waals surface area contributed by atoms with Gasteiger partial charge in [0.25, 0.3) is 0 Å². The van der Waals surface area contributed by atoms with Gasteiger partial charge < -0.3 is 0 Å². The number of rotatable bonds is 4. The molecule has 5 heteroatoms. The van der Waals surface area contributed by atoms with Gasteiger partial charge in [-0.1, -0.05) is 0 Å². The molecule has 4 atom stereocenters. The second kappa shape index (κ2) is 1.02. The predicted octanol–water partition coefficient (Wildman–Crippen LogP) is 4.94. The first kappa shape index (κ1) is 9.88. The normalized spacial score (nSPS) is 87.8. The zero-order valence-electron chi connectivity index (χ0n) is 12.7. The first-order valence-corrected chi connectivity index (χ1v) is 15.3. The van der Waals surface area contributed by atoms with Crippen LogP contribution in [0.3, 0.4) is 0 Å². The molecule has 1 spiro atoms. The number of non-ortho nitro benzene ring substituents is 1. The number of carbonyl (C=O) groups excluding carboxylic acids is 1. The Morgan fingerprint density at radius 3 is 2.17 bits per heavy atom. The number of hydrogen-bond donors (Lipinski definition) is 0. The summed E-state index contributed by atoms with van der Waals surface area (Å²) in [4.78, 5) is 34.0. The molecule has 11 rings (SSSR count). The number of hydrogen-bond acceptors (Lipinski definition) is 3. The fraction of sp³-hybridized carbons (Fsp3) is 0.526. The van der Waals surface area contributed by atoms with Gasteiger partial charge in [0.05, 0.1) is 0 Å². The average molecular weight is 361 g/mol. The summed E-state index contributed by atoms with van der Waals surface area (Å²) in [5.74, 6) is 0.473. The standard InChI is InChI=1S/C14H10NO3.C5H5.Fe/c16-14(12-5-1-2-6-12)9-8-11-4-3-7-13(10-11)15(17)18;1-2-4-5-3-1;/h1-10H;1-5H;. The maximum absolute atomic E-state index is 13.4. The summed E-state index contributed by atoms with van der Waals surface area (Å²) in [6, 6.07) is 6.63. The summed E-state index contributed by atoms with van der Waals surface area (Å²) in [6.45, 7) is -3.34. The Kier molecular flexibility index (Phi) is 0.419. The Hall–Kier alpha value is -1.45. The summed E-state index contributed by atoms with van der Waals surface area (Å²) in [6.07, 6.45) is 3.68. The SMILES string of the molecule is O=C(C=Cc1cccc([N+](=O)[O-])c1)[C]12[CH]3[CH]4[CH]5[CH]1[Fe]45321678[CH]2[CH]1[CH]6[CH]7[CH]28. The summed E-state index contributed by atoms with van der Waals surface area (Å²) >= 11 is 0. The van der Waals surface area contributed by atoms with Crippen molar-refractivity contribution >= 4 is 17.5 Å². The number of allylic oxidation sites excluding steroid dienone is 1. The fourth-order valence-corrected chi connectivity index (χ4v) is 91.8. The van der Waals surface area contributed by atoms with Crippen molar-refractivity contribution < 1.29 is 16.2 Å². The van der Waals surface area contributed by atoms with Crippen LogP contribution >= 0.6 is 0 Å². The zero-order valence-corrected chi connectivity index (χ0v) is 13.8. The van der Waals surface area contributed by atoms with E-state index in [2.05, 4.69) is 0 Å². The van der Waals surface area contributed by atoms with Crippen LogP contribution in [0.5, 0.6) is 0 Å². The number of nitro benzene ring substituents is 1. The van der Waals surface area contributed by atoms with Gasteiger partial charge in [0.15, 0.2) is 0 Å². The molecule has 0 aliphatic carbocycles. The third-order valence-corrected chi connectivity index (χ3v) is 58.9. The molecule has 0 amide bonds. The Morgan fingerprint density at radius 2 is 1.71 bits per heavy atom. The Balaban J connectivity index is 1.12. The molecule has 122 valence electrons. The monoisotopic (exact) mass is 361 g/mol. The molecule has 1 aromatic rings. The Labute approximate surface area is 127 Å². The van der Waals surface area contributed by atoms with Crippen molar-refractivity contribution in [2.24, 2.45) is 0 Å². The van der Waals surface area contributed by atoms with Gasteiger partial charge in [-0.05, 0) is 0 Å². The molecule has 10 saturated heterocycles. The van der Waals surface area contributed by atoms with E-state index in [1.165, 1.54) is 6.07 Å². The van der Waals surface area contributed by atoms with Crippen molar-refractivity contribution in [3.63, 3.8) is 0 Å². The molecule has 0 aromatic heterocycles. The molecule has 0 bridgehead atoms. The van der Waals surface area contributed by atoms with Crippen molar-refractivity contribution in [2.75, 3.05) is 0 Å². The van der Waals surface area contributed by atoms with E-state index in [1.54, 1.807) is 12.1 Å². The van der Waals surface area contributed by atoms with Gasteiger partial charge in [-0.25, -0.2) is 0 Å². The molecule has 1 aromatic carbocycles. The second-order valence-electron chi connectivity index (χ2n) is 12.2. The molecule has 10 heterocycles. The van der Waals surface area contributed by atoms with Gasteiger partial charge in [0, 0.05) is 0 Å². The van der Waals surface area contributed by atoms with Crippen molar-refractivity contribution in [2.45, 2.75) is 47.7 Å². The summed E-state index contributed by atoms with van der Waals surface area (Å²) in [5, 5.41) is 10.9. The van der Waals surface area contributed by atoms with Crippen molar-refractivity contribution in [1.29, 1.82) is 0 Å². The molecule has 10 fully saturated rings. The van der Waals surface area contributed by atoms with Crippen LogP contribution in [0.1, 0.15) is 5.56 Å². The minimum absolute atomic E-state index is 0.0997. The van der Waals surface area contributed by atoms with Crippen LogP contribution < -0.4 is 0 Å². The van der Waals surface area contributed by atoms with Gasteiger partial charge in [-0.15, -0.1) is 0 Å². The van der Waals surface area contributed by atoms with Crippen molar-refractivity contribution in [3.8, 4) is 0 Å². The third kappa shape index (κ3) is 0.140. The van der Waals surface area contributed by atoms with Gasteiger partial charge in [-0.3, -0.25) is 0 Å². The first-order chi connectivity index (χ1) is 11.3.